The van der Waals surface area contributed by atoms with Gasteiger partial charge in [-0.2, -0.15) is 0 Å². The van der Waals surface area contributed by atoms with Crippen LogP contribution in [-0.2, 0) is 11.3 Å². The highest BCUT2D eigenvalue weighted by Crippen LogP contribution is 2.24. The number of aromatic nitrogens is 1. The standard InChI is InChI=1S/C18H15N3O2S/c1-2-17(22)20-11-15-10-13(5-7-19-15)18(23)21-14-3-4-16-12(9-14)6-8-24-16/h2-10H,1,11H2,(H,20,22)(H,21,23). The number of benzene rings is 1. The van der Waals surface area contributed by atoms with E-state index in [1.54, 1.807) is 29.7 Å². The van der Waals surface area contributed by atoms with Crippen molar-refractivity contribution in [1.29, 1.82) is 0 Å². The van der Waals surface area contributed by atoms with Crippen LogP contribution in [0.15, 0.2) is 60.6 Å². The summed E-state index contributed by atoms with van der Waals surface area (Å²) in [6.45, 7) is 3.63. The zero-order chi connectivity index (χ0) is 16.9. The minimum atomic E-state index is -0.282. The molecule has 0 saturated carbocycles. The van der Waals surface area contributed by atoms with Gasteiger partial charge in [0.05, 0.1) is 12.2 Å². The summed E-state index contributed by atoms with van der Waals surface area (Å²) >= 11 is 1.66. The molecule has 2 aromatic heterocycles. The Morgan fingerprint density at radius 1 is 1.21 bits per heavy atom. The maximum atomic E-state index is 12.4. The number of carbonyl (C=O) groups is 2. The first-order valence-corrected chi connectivity index (χ1v) is 8.17. The van der Waals surface area contributed by atoms with E-state index in [0.29, 0.717) is 11.3 Å². The van der Waals surface area contributed by atoms with Crippen LogP contribution in [0.3, 0.4) is 0 Å². The molecule has 0 radical (unpaired) electrons. The Kier molecular flexibility index (Phi) is 4.67. The fourth-order valence-corrected chi connectivity index (χ4v) is 2.98. The Balaban J connectivity index is 1.72. The second-order valence-electron chi connectivity index (χ2n) is 5.09. The van der Waals surface area contributed by atoms with Gasteiger partial charge >= 0.3 is 0 Å². The van der Waals surface area contributed by atoms with Crippen molar-refractivity contribution in [3.63, 3.8) is 0 Å². The van der Waals surface area contributed by atoms with E-state index in [-0.39, 0.29) is 18.4 Å². The minimum absolute atomic E-state index is 0.219. The number of hydrogen-bond acceptors (Lipinski definition) is 4. The Morgan fingerprint density at radius 3 is 2.92 bits per heavy atom. The summed E-state index contributed by atoms with van der Waals surface area (Å²) in [6, 6.07) is 11.1. The lowest BCUT2D eigenvalue weighted by Gasteiger charge is -2.07. The molecule has 0 aliphatic heterocycles. The SMILES string of the molecule is C=CC(=O)NCc1cc(C(=O)Nc2ccc3sccc3c2)ccn1. The summed E-state index contributed by atoms with van der Waals surface area (Å²) < 4.78 is 1.18. The van der Waals surface area contributed by atoms with Gasteiger partial charge in [-0.25, -0.2) is 0 Å². The predicted octanol–water partition coefficient (Wildman–Crippen LogP) is 3.35. The number of hydrogen-bond donors (Lipinski definition) is 2. The monoisotopic (exact) mass is 337 g/mol. The minimum Gasteiger partial charge on any atom is -0.347 e. The molecule has 0 bridgehead atoms. The molecule has 0 spiro atoms. The van der Waals surface area contributed by atoms with Gasteiger partial charge in [0, 0.05) is 22.1 Å². The van der Waals surface area contributed by atoms with E-state index in [1.165, 1.54) is 10.8 Å². The van der Waals surface area contributed by atoms with Crippen LogP contribution in [-0.4, -0.2) is 16.8 Å². The van der Waals surface area contributed by atoms with Crippen LogP contribution in [0.25, 0.3) is 10.1 Å². The summed E-state index contributed by atoms with van der Waals surface area (Å²) in [5, 5.41) is 8.62. The third-order valence-corrected chi connectivity index (χ3v) is 4.32. The molecule has 1 aromatic carbocycles. The molecule has 0 saturated heterocycles. The van der Waals surface area contributed by atoms with Gasteiger partial charge in [0.2, 0.25) is 5.91 Å². The molecule has 3 aromatic rings. The van der Waals surface area contributed by atoms with Crippen LogP contribution >= 0.6 is 11.3 Å². The van der Waals surface area contributed by atoms with E-state index < -0.39 is 0 Å². The maximum Gasteiger partial charge on any atom is 0.255 e. The average molecular weight is 337 g/mol. The van der Waals surface area contributed by atoms with Crippen LogP contribution in [0, 0.1) is 0 Å². The number of nitrogens with zero attached hydrogens (tertiary/aromatic N) is 1. The normalized spacial score (nSPS) is 10.3. The van der Waals surface area contributed by atoms with E-state index in [2.05, 4.69) is 22.2 Å². The Morgan fingerprint density at radius 2 is 2.08 bits per heavy atom. The molecule has 0 fully saturated rings. The van der Waals surface area contributed by atoms with Gasteiger partial charge in [0.15, 0.2) is 0 Å². The molecule has 5 nitrogen and oxygen atoms in total. The molecular weight excluding hydrogens is 322 g/mol. The third-order valence-electron chi connectivity index (χ3n) is 3.42. The highest BCUT2D eigenvalue weighted by Gasteiger charge is 2.08. The number of anilines is 1. The molecule has 3 rings (SSSR count). The molecule has 6 heteroatoms. The molecule has 24 heavy (non-hydrogen) atoms. The maximum absolute atomic E-state index is 12.4. The van der Waals surface area contributed by atoms with Crippen molar-refractivity contribution < 1.29 is 9.59 Å². The van der Waals surface area contributed by atoms with Gasteiger partial charge in [0.1, 0.15) is 0 Å². The lowest BCUT2D eigenvalue weighted by Crippen LogP contribution is -2.21. The van der Waals surface area contributed by atoms with Gasteiger partial charge in [0.25, 0.3) is 5.91 Å². The van der Waals surface area contributed by atoms with E-state index in [9.17, 15) is 9.59 Å². The lowest BCUT2D eigenvalue weighted by molar-refractivity contribution is -0.116. The molecule has 0 aliphatic rings. The van der Waals surface area contributed by atoms with Crippen molar-refractivity contribution in [3.8, 4) is 0 Å². The van der Waals surface area contributed by atoms with Crippen molar-refractivity contribution in [2.24, 2.45) is 0 Å². The van der Waals surface area contributed by atoms with Crippen molar-refractivity contribution >= 4 is 38.9 Å². The molecular formula is C18H15N3O2S. The summed E-state index contributed by atoms with van der Waals surface area (Å²) in [6.07, 6.45) is 2.74. The fraction of sp³-hybridized carbons (Fsp3) is 0.0556. The van der Waals surface area contributed by atoms with Crippen molar-refractivity contribution in [3.05, 3.63) is 71.9 Å². The number of thiophene rings is 1. The number of carbonyl (C=O) groups excluding carboxylic acids is 2. The molecule has 2 heterocycles. The second kappa shape index (κ2) is 7.06. The van der Waals surface area contributed by atoms with Gasteiger partial charge in [-0.3, -0.25) is 14.6 Å². The molecule has 2 N–H and O–H groups in total. The number of pyridine rings is 1. The van der Waals surface area contributed by atoms with E-state index in [4.69, 9.17) is 0 Å². The smallest absolute Gasteiger partial charge is 0.255 e. The zero-order valence-corrected chi connectivity index (χ0v) is 13.6. The van der Waals surface area contributed by atoms with Gasteiger partial charge < -0.3 is 10.6 Å². The third kappa shape index (κ3) is 3.67. The molecule has 0 aliphatic carbocycles. The molecule has 120 valence electrons. The topological polar surface area (TPSA) is 71.1 Å². The van der Waals surface area contributed by atoms with Crippen LogP contribution in [0.5, 0.6) is 0 Å². The van der Waals surface area contributed by atoms with Crippen LogP contribution in [0.2, 0.25) is 0 Å². The van der Waals surface area contributed by atoms with Crippen molar-refractivity contribution in [2.45, 2.75) is 6.54 Å². The second-order valence-corrected chi connectivity index (χ2v) is 6.03. The van der Waals surface area contributed by atoms with Crippen LogP contribution < -0.4 is 10.6 Å². The van der Waals surface area contributed by atoms with Gasteiger partial charge in [-0.1, -0.05) is 6.58 Å². The van der Waals surface area contributed by atoms with Gasteiger partial charge in [-0.15, -0.1) is 11.3 Å². The molecule has 0 unspecified atom stereocenters. The Bertz CT molecular complexity index is 917. The average Bonchev–Trinajstić information content (AvgIpc) is 3.07. The predicted molar refractivity (Wildman–Crippen MR) is 96.1 cm³/mol. The molecule has 0 atom stereocenters. The largest absolute Gasteiger partial charge is 0.347 e. The van der Waals surface area contributed by atoms with E-state index in [1.807, 2.05) is 29.6 Å². The quantitative estimate of drug-likeness (QED) is 0.701. The van der Waals surface area contributed by atoms with Gasteiger partial charge in [-0.05, 0) is 53.2 Å². The van der Waals surface area contributed by atoms with Crippen LogP contribution in [0.1, 0.15) is 16.1 Å². The summed E-state index contributed by atoms with van der Waals surface area (Å²) in [4.78, 5) is 27.7. The Hall–Kier alpha value is -2.99. The van der Waals surface area contributed by atoms with Crippen molar-refractivity contribution in [2.75, 3.05) is 5.32 Å². The van der Waals surface area contributed by atoms with E-state index in [0.717, 1.165) is 11.1 Å². The lowest BCUT2D eigenvalue weighted by atomic mass is 10.2. The first-order chi connectivity index (χ1) is 11.7. The summed E-state index contributed by atoms with van der Waals surface area (Å²) in [5.74, 6) is -0.501. The number of fused-ring (bicyclic) bond motifs is 1. The van der Waals surface area contributed by atoms with Crippen LogP contribution in [0.4, 0.5) is 5.69 Å². The number of nitrogens with one attached hydrogen (secondary N) is 2. The fourth-order valence-electron chi connectivity index (χ4n) is 2.21. The highest BCUT2D eigenvalue weighted by molar-refractivity contribution is 7.17. The zero-order valence-electron chi connectivity index (χ0n) is 12.8. The first kappa shape index (κ1) is 15.9. The van der Waals surface area contributed by atoms with Crippen molar-refractivity contribution in [1.82, 2.24) is 10.3 Å². The Labute approximate surface area is 143 Å². The molecule has 2 amide bonds. The van der Waals surface area contributed by atoms with E-state index >= 15 is 0 Å². The summed E-state index contributed by atoms with van der Waals surface area (Å²) in [5.41, 5.74) is 1.83. The first-order valence-electron chi connectivity index (χ1n) is 7.29. The highest BCUT2D eigenvalue weighted by atomic mass is 32.1. The number of amides is 2. The number of rotatable bonds is 5. The summed E-state index contributed by atoms with van der Waals surface area (Å²) in [7, 11) is 0.